The molecule has 1 unspecified atom stereocenters. The van der Waals surface area contributed by atoms with Gasteiger partial charge in [-0.1, -0.05) is 12.1 Å². The van der Waals surface area contributed by atoms with Gasteiger partial charge in [-0.15, -0.1) is 0 Å². The van der Waals surface area contributed by atoms with Crippen LogP contribution in [-0.2, 0) is 4.79 Å². The summed E-state index contributed by atoms with van der Waals surface area (Å²) in [5, 5.41) is 6.83. The van der Waals surface area contributed by atoms with Crippen molar-refractivity contribution >= 4 is 22.7 Å². The molecule has 2 amide bonds. The highest BCUT2D eigenvalue weighted by molar-refractivity contribution is 6.04. The normalized spacial score (nSPS) is 18.6. The lowest BCUT2D eigenvalue weighted by molar-refractivity contribution is -0.122. The van der Waals surface area contributed by atoms with E-state index in [1.807, 2.05) is 26.8 Å². The number of hydrogen-bond acceptors (Lipinski definition) is 2. The highest BCUT2D eigenvalue weighted by atomic mass is 16.2. The fourth-order valence-electron chi connectivity index (χ4n) is 3.33. The van der Waals surface area contributed by atoms with Crippen LogP contribution in [0.4, 0.5) is 0 Å². The SMILES string of the molecule is Cc1ccc(C)c2c(C)c(C(=O)NC3CCCCNC3=O)[nH]c12. The molecule has 0 radical (unpaired) electrons. The monoisotopic (exact) mass is 313 g/mol. The van der Waals surface area contributed by atoms with Crippen LogP contribution in [0.1, 0.15) is 46.4 Å². The largest absolute Gasteiger partial charge is 0.354 e. The van der Waals surface area contributed by atoms with Gasteiger partial charge in [0.2, 0.25) is 5.91 Å². The first-order valence-electron chi connectivity index (χ1n) is 8.16. The van der Waals surface area contributed by atoms with Gasteiger partial charge < -0.3 is 15.6 Å². The summed E-state index contributed by atoms with van der Waals surface area (Å²) in [6.07, 6.45) is 2.59. The van der Waals surface area contributed by atoms with Gasteiger partial charge in [0.05, 0.1) is 0 Å². The van der Waals surface area contributed by atoms with Gasteiger partial charge in [-0.3, -0.25) is 9.59 Å². The maximum Gasteiger partial charge on any atom is 0.268 e. The van der Waals surface area contributed by atoms with E-state index < -0.39 is 6.04 Å². The number of benzene rings is 1. The number of aromatic nitrogens is 1. The highest BCUT2D eigenvalue weighted by Crippen LogP contribution is 2.27. The topological polar surface area (TPSA) is 74.0 Å². The molecule has 1 saturated heterocycles. The number of aryl methyl sites for hydroxylation is 3. The Morgan fingerprint density at radius 3 is 2.65 bits per heavy atom. The number of carbonyl (C=O) groups excluding carboxylic acids is 2. The zero-order valence-corrected chi connectivity index (χ0v) is 13.9. The summed E-state index contributed by atoms with van der Waals surface area (Å²) < 4.78 is 0. The molecule has 1 aromatic carbocycles. The van der Waals surface area contributed by atoms with Crippen LogP contribution in [0.25, 0.3) is 10.9 Å². The van der Waals surface area contributed by atoms with E-state index >= 15 is 0 Å². The summed E-state index contributed by atoms with van der Waals surface area (Å²) >= 11 is 0. The number of hydrogen-bond donors (Lipinski definition) is 3. The minimum absolute atomic E-state index is 0.0861. The maximum atomic E-state index is 12.7. The van der Waals surface area contributed by atoms with Crippen LogP contribution in [-0.4, -0.2) is 29.4 Å². The van der Waals surface area contributed by atoms with E-state index in [1.54, 1.807) is 0 Å². The molecule has 0 aliphatic carbocycles. The van der Waals surface area contributed by atoms with Gasteiger partial charge in [0.25, 0.3) is 5.91 Å². The van der Waals surface area contributed by atoms with Gasteiger partial charge in [-0.2, -0.15) is 0 Å². The minimum Gasteiger partial charge on any atom is -0.354 e. The van der Waals surface area contributed by atoms with E-state index in [1.165, 1.54) is 0 Å². The van der Waals surface area contributed by atoms with Crippen LogP contribution in [0.2, 0.25) is 0 Å². The first-order chi connectivity index (χ1) is 11.0. The van der Waals surface area contributed by atoms with Crippen LogP contribution >= 0.6 is 0 Å². The number of rotatable bonds is 2. The van der Waals surface area contributed by atoms with Crippen LogP contribution in [0.15, 0.2) is 12.1 Å². The van der Waals surface area contributed by atoms with E-state index in [0.29, 0.717) is 18.7 Å². The number of fused-ring (bicyclic) bond motifs is 1. The molecule has 122 valence electrons. The first kappa shape index (κ1) is 15.6. The molecular formula is C18H23N3O2. The highest BCUT2D eigenvalue weighted by Gasteiger charge is 2.25. The molecule has 0 bridgehead atoms. The van der Waals surface area contributed by atoms with Crippen molar-refractivity contribution in [1.82, 2.24) is 15.6 Å². The summed E-state index contributed by atoms with van der Waals surface area (Å²) in [7, 11) is 0. The van der Waals surface area contributed by atoms with E-state index in [-0.39, 0.29) is 11.8 Å². The predicted octanol–water partition coefficient (Wildman–Crippen LogP) is 2.49. The van der Waals surface area contributed by atoms with E-state index in [4.69, 9.17) is 0 Å². The molecule has 23 heavy (non-hydrogen) atoms. The Labute approximate surface area is 135 Å². The van der Waals surface area contributed by atoms with Crippen molar-refractivity contribution in [2.45, 2.75) is 46.1 Å². The lowest BCUT2D eigenvalue weighted by atomic mass is 10.0. The third-order valence-electron chi connectivity index (χ3n) is 4.69. The Balaban J connectivity index is 1.92. The molecule has 2 heterocycles. The smallest absolute Gasteiger partial charge is 0.268 e. The first-order valence-corrected chi connectivity index (χ1v) is 8.16. The summed E-state index contributed by atoms with van der Waals surface area (Å²) in [6, 6.07) is 3.67. The van der Waals surface area contributed by atoms with Crippen molar-refractivity contribution < 1.29 is 9.59 Å². The molecule has 5 nitrogen and oxygen atoms in total. The molecule has 5 heteroatoms. The summed E-state index contributed by atoms with van der Waals surface area (Å²) in [4.78, 5) is 27.9. The molecular weight excluding hydrogens is 290 g/mol. The van der Waals surface area contributed by atoms with Gasteiger partial charge >= 0.3 is 0 Å². The molecule has 1 aromatic heterocycles. The number of nitrogens with one attached hydrogen (secondary N) is 3. The van der Waals surface area contributed by atoms with Crippen molar-refractivity contribution in [2.24, 2.45) is 0 Å². The number of carbonyl (C=O) groups is 2. The zero-order valence-electron chi connectivity index (χ0n) is 13.9. The summed E-state index contributed by atoms with van der Waals surface area (Å²) in [5.41, 5.74) is 4.74. The lowest BCUT2D eigenvalue weighted by Crippen LogP contribution is -2.45. The van der Waals surface area contributed by atoms with Gasteiger partial charge in [-0.25, -0.2) is 0 Å². The van der Waals surface area contributed by atoms with Crippen LogP contribution in [0.5, 0.6) is 0 Å². The van der Waals surface area contributed by atoms with Gasteiger partial charge in [-0.05, 0) is 56.7 Å². The Morgan fingerprint density at radius 2 is 1.91 bits per heavy atom. The number of aromatic amines is 1. The lowest BCUT2D eigenvalue weighted by Gasteiger charge is -2.14. The molecule has 2 aromatic rings. The molecule has 0 saturated carbocycles. The molecule has 1 aliphatic rings. The Morgan fingerprint density at radius 1 is 1.17 bits per heavy atom. The quantitative estimate of drug-likeness (QED) is 0.797. The Hall–Kier alpha value is -2.30. The van der Waals surface area contributed by atoms with E-state index in [9.17, 15) is 9.59 Å². The third-order valence-corrected chi connectivity index (χ3v) is 4.69. The van der Waals surface area contributed by atoms with Crippen LogP contribution < -0.4 is 10.6 Å². The fourth-order valence-corrected chi connectivity index (χ4v) is 3.33. The number of amides is 2. The van der Waals surface area contributed by atoms with Crippen LogP contribution in [0.3, 0.4) is 0 Å². The average Bonchev–Trinajstić information content (AvgIpc) is 2.75. The molecule has 0 spiro atoms. The van der Waals surface area contributed by atoms with E-state index in [2.05, 4.69) is 21.7 Å². The third kappa shape index (κ3) is 2.83. The molecule has 3 N–H and O–H groups in total. The van der Waals surface area contributed by atoms with Crippen molar-refractivity contribution in [1.29, 1.82) is 0 Å². The Bertz CT molecular complexity index is 776. The predicted molar refractivity (Wildman–Crippen MR) is 90.6 cm³/mol. The van der Waals surface area contributed by atoms with E-state index in [0.717, 1.165) is 40.4 Å². The van der Waals surface area contributed by atoms with Crippen LogP contribution in [0, 0.1) is 20.8 Å². The molecule has 1 atom stereocenters. The van der Waals surface area contributed by atoms with Gasteiger partial charge in [0.15, 0.2) is 0 Å². The van der Waals surface area contributed by atoms with Crippen molar-refractivity contribution in [3.8, 4) is 0 Å². The second-order valence-electron chi connectivity index (χ2n) is 6.39. The maximum absolute atomic E-state index is 12.7. The van der Waals surface area contributed by atoms with Gasteiger partial charge in [0, 0.05) is 17.4 Å². The van der Waals surface area contributed by atoms with Crippen molar-refractivity contribution in [3.05, 3.63) is 34.5 Å². The second-order valence-corrected chi connectivity index (χ2v) is 6.39. The molecule has 1 fully saturated rings. The fraction of sp³-hybridized carbons (Fsp3) is 0.444. The Kier molecular flexibility index (Phi) is 4.11. The average molecular weight is 313 g/mol. The van der Waals surface area contributed by atoms with Crippen molar-refractivity contribution in [3.63, 3.8) is 0 Å². The molecule has 3 rings (SSSR count). The number of H-pyrrole nitrogens is 1. The minimum atomic E-state index is -0.446. The molecule has 1 aliphatic heterocycles. The van der Waals surface area contributed by atoms with Gasteiger partial charge in [0.1, 0.15) is 11.7 Å². The standard InChI is InChI=1S/C18H23N3O2/c1-10-7-8-11(2)15-14(10)12(3)16(21-15)18(23)20-13-6-4-5-9-19-17(13)22/h7-8,13,21H,4-6,9H2,1-3H3,(H,19,22)(H,20,23). The summed E-state index contributed by atoms with van der Waals surface area (Å²) in [6.45, 7) is 6.71. The summed E-state index contributed by atoms with van der Waals surface area (Å²) in [5.74, 6) is -0.295. The second kappa shape index (κ2) is 6.07. The zero-order chi connectivity index (χ0) is 16.6. The van der Waals surface area contributed by atoms with Crippen molar-refractivity contribution in [2.75, 3.05) is 6.54 Å².